The molecule has 128 valence electrons. The number of halogens is 3. The number of hydrogen-bond donors (Lipinski definition) is 2. The van der Waals surface area contributed by atoms with Crippen LogP contribution in [0.1, 0.15) is 28.7 Å². The predicted molar refractivity (Wildman–Crippen MR) is 101 cm³/mol. The summed E-state index contributed by atoms with van der Waals surface area (Å²) >= 11 is 12.0. The first kappa shape index (κ1) is 19.1. The molecule has 0 spiro atoms. The number of carbonyl (C=O) groups excluding carboxylic acids is 1. The van der Waals surface area contributed by atoms with Crippen LogP contribution in [0.2, 0.25) is 10.0 Å². The second kappa shape index (κ2) is 8.72. The van der Waals surface area contributed by atoms with E-state index < -0.39 is 0 Å². The highest BCUT2D eigenvalue weighted by molar-refractivity contribution is 6.35. The van der Waals surface area contributed by atoms with Gasteiger partial charge in [0, 0.05) is 36.1 Å². The normalized spacial score (nSPS) is 12.4. The maximum absolute atomic E-state index is 12.0. The van der Waals surface area contributed by atoms with Crippen molar-refractivity contribution in [2.45, 2.75) is 32.5 Å². The van der Waals surface area contributed by atoms with Crippen LogP contribution in [0.25, 0.3) is 0 Å². The third kappa shape index (κ3) is 4.87. The zero-order valence-electron chi connectivity index (χ0n) is 13.1. The van der Waals surface area contributed by atoms with Crippen molar-refractivity contribution in [2.75, 3.05) is 0 Å². The Labute approximate surface area is 158 Å². The molecule has 1 amide bonds. The Morgan fingerprint density at radius 3 is 2.67 bits per heavy atom. The molecular formula is C18H19Cl3N2O. The van der Waals surface area contributed by atoms with Crippen LogP contribution in [0.3, 0.4) is 0 Å². The van der Waals surface area contributed by atoms with Crippen LogP contribution in [0, 0.1) is 0 Å². The molecule has 24 heavy (non-hydrogen) atoms. The molecule has 2 N–H and O–H groups in total. The Morgan fingerprint density at radius 1 is 1.08 bits per heavy atom. The SMILES string of the molecule is Cl.O=C(CCc1ccc(Cl)cc1Cl)NCc1ccc2c(c1)CNC2. The molecule has 0 atom stereocenters. The van der Waals surface area contributed by atoms with E-state index in [1.165, 1.54) is 11.1 Å². The third-order valence-corrected chi connectivity index (χ3v) is 4.61. The van der Waals surface area contributed by atoms with Gasteiger partial charge in [-0.3, -0.25) is 4.79 Å². The van der Waals surface area contributed by atoms with Crippen LogP contribution >= 0.6 is 35.6 Å². The van der Waals surface area contributed by atoms with Crippen molar-refractivity contribution in [3.05, 3.63) is 68.7 Å². The van der Waals surface area contributed by atoms with Crippen molar-refractivity contribution in [1.29, 1.82) is 0 Å². The van der Waals surface area contributed by atoms with Crippen molar-refractivity contribution in [3.63, 3.8) is 0 Å². The van der Waals surface area contributed by atoms with Gasteiger partial charge in [-0.15, -0.1) is 12.4 Å². The molecule has 1 heterocycles. The summed E-state index contributed by atoms with van der Waals surface area (Å²) in [6.45, 7) is 2.40. The number of amides is 1. The van der Waals surface area contributed by atoms with E-state index >= 15 is 0 Å². The molecule has 3 nitrogen and oxygen atoms in total. The fraction of sp³-hybridized carbons (Fsp3) is 0.278. The number of nitrogens with one attached hydrogen (secondary N) is 2. The van der Waals surface area contributed by atoms with Crippen molar-refractivity contribution in [2.24, 2.45) is 0 Å². The lowest BCUT2D eigenvalue weighted by Gasteiger charge is -2.08. The van der Waals surface area contributed by atoms with Crippen LogP contribution in [0.15, 0.2) is 36.4 Å². The first-order chi connectivity index (χ1) is 11.1. The molecule has 3 rings (SSSR count). The summed E-state index contributed by atoms with van der Waals surface area (Å²) in [6, 6.07) is 11.7. The summed E-state index contributed by atoms with van der Waals surface area (Å²) in [4.78, 5) is 12.0. The molecular weight excluding hydrogens is 367 g/mol. The van der Waals surface area contributed by atoms with Gasteiger partial charge in [0.15, 0.2) is 0 Å². The Balaban J connectivity index is 0.00000208. The quantitative estimate of drug-likeness (QED) is 0.807. The minimum absolute atomic E-state index is 0. The monoisotopic (exact) mass is 384 g/mol. The number of aryl methyl sites for hydroxylation is 1. The molecule has 2 aromatic rings. The van der Waals surface area contributed by atoms with Gasteiger partial charge < -0.3 is 10.6 Å². The smallest absolute Gasteiger partial charge is 0.220 e. The fourth-order valence-electron chi connectivity index (χ4n) is 2.72. The van der Waals surface area contributed by atoms with Crippen molar-refractivity contribution in [3.8, 4) is 0 Å². The summed E-state index contributed by atoms with van der Waals surface area (Å²) in [6.07, 6.45) is 1.02. The van der Waals surface area contributed by atoms with Gasteiger partial charge in [-0.2, -0.15) is 0 Å². The van der Waals surface area contributed by atoms with E-state index in [-0.39, 0.29) is 18.3 Å². The van der Waals surface area contributed by atoms with E-state index in [4.69, 9.17) is 23.2 Å². The minimum Gasteiger partial charge on any atom is -0.352 e. The van der Waals surface area contributed by atoms with E-state index in [9.17, 15) is 4.79 Å². The van der Waals surface area contributed by atoms with Crippen LogP contribution in [-0.4, -0.2) is 5.91 Å². The van der Waals surface area contributed by atoms with Crippen LogP contribution < -0.4 is 10.6 Å². The van der Waals surface area contributed by atoms with Gasteiger partial charge in [-0.05, 0) is 40.8 Å². The Morgan fingerprint density at radius 2 is 1.88 bits per heavy atom. The number of hydrogen-bond acceptors (Lipinski definition) is 2. The Bertz CT molecular complexity index is 734. The lowest BCUT2D eigenvalue weighted by atomic mass is 10.1. The van der Waals surface area contributed by atoms with Crippen LogP contribution in [0.5, 0.6) is 0 Å². The fourth-order valence-corrected chi connectivity index (χ4v) is 3.22. The summed E-state index contributed by atoms with van der Waals surface area (Å²) in [5.41, 5.74) is 4.74. The maximum Gasteiger partial charge on any atom is 0.220 e. The van der Waals surface area contributed by atoms with Crippen molar-refractivity contribution >= 4 is 41.5 Å². The summed E-state index contributed by atoms with van der Waals surface area (Å²) in [5.74, 6) is 0.0228. The molecule has 0 aromatic heterocycles. The highest BCUT2D eigenvalue weighted by Crippen LogP contribution is 2.22. The molecule has 0 fully saturated rings. The van der Waals surface area contributed by atoms with Crippen LogP contribution in [0.4, 0.5) is 0 Å². The molecule has 2 aromatic carbocycles. The van der Waals surface area contributed by atoms with Gasteiger partial charge in [0.25, 0.3) is 0 Å². The first-order valence-electron chi connectivity index (χ1n) is 7.64. The summed E-state index contributed by atoms with van der Waals surface area (Å²) in [7, 11) is 0. The molecule has 0 saturated carbocycles. The highest BCUT2D eigenvalue weighted by Gasteiger charge is 2.10. The van der Waals surface area contributed by atoms with Crippen LogP contribution in [-0.2, 0) is 30.8 Å². The Kier molecular flexibility index (Phi) is 6.93. The number of carbonyl (C=O) groups is 1. The zero-order chi connectivity index (χ0) is 16.2. The molecule has 0 bridgehead atoms. The van der Waals surface area contributed by atoms with Gasteiger partial charge in [0.05, 0.1) is 0 Å². The molecule has 1 aliphatic heterocycles. The van der Waals surface area contributed by atoms with Gasteiger partial charge >= 0.3 is 0 Å². The second-order valence-electron chi connectivity index (χ2n) is 5.72. The maximum atomic E-state index is 12.0. The number of rotatable bonds is 5. The van der Waals surface area contributed by atoms with E-state index in [1.807, 2.05) is 6.07 Å². The average Bonchev–Trinajstić information content (AvgIpc) is 2.99. The number of benzene rings is 2. The van der Waals surface area contributed by atoms with Crippen molar-refractivity contribution < 1.29 is 4.79 Å². The summed E-state index contributed by atoms with van der Waals surface area (Å²) < 4.78 is 0. The third-order valence-electron chi connectivity index (χ3n) is 4.03. The molecule has 0 unspecified atom stereocenters. The molecule has 6 heteroatoms. The van der Waals surface area contributed by atoms with Gasteiger partial charge in [0.1, 0.15) is 0 Å². The minimum atomic E-state index is 0. The van der Waals surface area contributed by atoms with E-state index in [0.29, 0.717) is 29.4 Å². The largest absolute Gasteiger partial charge is 0.352 e. The van der Waals surface area contributed by atoms with E-state index in [1.54, 1.807) is 12.1 Å². The standard InChI is InChI=1S/C18H18Cl2N2O.ClH/c19-16-5-3-13(17(20)8-16)4-6-18(23)22-9-12-1-2-14-10-21-11-15(14)7-12;/h1-3,5,7-8,21H,4,6,9-11H2,(H,22,23);1H. The first-order valence-corrected chi connectivity index (χ1v) is 8.39. The Hall–Kier alpha value is -1.26. The van der Waals surface area contributed by atoms with Crippen molar-refractivity contribution in [1.82, 2.24) is 10.6 Å². The topological polar surface area (TPSA) is 41.1 Å². The molecule has 0 radical (unpaired) electrons. The summed E-state index contributed by atoms with van der Waals surface area (Å²) in [5, 5.41) is 7.49. The van der Waals surface area contributed by atoms with E-state index in [0.717, 1.165) is 24.2 Å². The highest BCUT2D eigenvalue weighted by atomic mass is 35.5. The van der Waals surface area contributed by atoms with E-state index in [2.05, 4.69) is 28.8 Å². The lowest BCUT2D eigenvalue weighted by molar-refractivity contribution is -0.121. The van der Waals surface area contributed by atoms with Gasteiger partial charge in [-0.25, -0.2) is 0 Å². The molecule has 0 saturated heterocycles. The van der Waals surface area contributed by atoms with Gasteiger partial charge in [0.2, 0.25) is 5.91 Å². The number of fused-ring (bicyclic) bond motifs is 1. The lowest BCUT2D eigenvalue weighted by Crippen LogP contribution is -2.23. The van der Waals surface area contributed by atoms with Gasteiger partial charge in [-0.1, -0.05) is 47.5 Å². The molecule has 0 aliphatic carbocycles. The zero-order valence-corrected chi connectivity index (χ0v) is 15.4. The molecule has 1 aliphatic rings. The second-order valence-corrected chi connectivity index (χ2v) is 6.56. The predicted octanol–water partition coefficient (Wildman–Crippen LogP) is 4.27. The average molecular weight is 386 g/mol.